The van der Waals surface area contributed by atoms with Crippen LogP contribution in [0.4, 0.5) is 0 Å². The molecule has 0 bridgehead atoms. The number of esters is 1. The largest absolute Gasteiger partial charge is 0.469 e. The number of nitrogens with zero attached hydrogens (tertiary/aromatic N) is 1. The van der Waals surface area contributed by atoms with Crippen LogP contribution in [0.25, 0.3) is 0 Å². The first kappa shape index (κ1) is 21.4. The number of carbonyl (C=O) groups excluding carboxylic acids is 1. The fourth-order valence-electron chi connectivity index (χ4n) is 4.58. The minimum atomic E-state index is 0.00732. The maximum Gasteiger partial charge on any atom is 0.309 e. The number of piperidine rings is 1. The lowest BCUT2D eigenvalue weighted by molar-refractivity contribution is -0.150. The standard InChI is InChI=1S/C18H22BrNO2.2C2H6/c1-22-17(21)15-6-9-20(11-18(15)7-8-18)16-5-2-12-10-13(19)3-4-14(12)16;2*1-2/h3-4,10,15-16H,2,5-9,11H2,1H3;2*1-2H3. The van der Waals surface area contributed by atoms with E-state index in [-0.39, 0.29) is 17.3 Å². The topological polar surface area (TPSA) is 29.5 Å². The second-order valence-electron chi connectivity index (χ2n) is 7.09. The Morgan fingerprint density at radius 2 is 1.88 bits per heavy atom. The average molecular weight is 424 g/mol. The van der Waals surface area contributed by atoms with Gasteiger partial charge in [-0.1, -0.05) is 49.7 Å². The van der Waals surface area contributed by atoms with E-state index < -0.39 is 0 Å². The zero-order valence-electron chi connectivity index (χ0n) is 17.0. The number of hydrogen-bond donors (Lipinski definition) is 0. The Balaban J connectivity index is 0.000000570. The van der Waals surface area contributed by atoms with Gasteiger partial charge in [-0.3, -0.25) is 9.69 Å². The smallest absolute Gasteiger partial charge is 0.309 e. The second kappa shape index (κ2) is 9.36. The third-order valence-electron chi connectivity index (χ3n) is 5.93. The van der Waals surface area contributed by atoms with Gasteiger partial charge in [0.1, 0.15) is 0 Å². The number of hydrogen-bond acceptors (Lipinski definition) is 3. The minimum Gasteiger partial charge on any atom is -0.469 e. The number of benzene rings is 1. The van der Waals surface area contributed by atoms with Crippen LogP contribution >= 0.6 is 15.9 Å². The van der Waals surface area contributed by atoms with E-state index in [4.69, 9.17) is 4.74 Å². The molecule has 2 fully saturated rings. The number of ether oxygens (including phenoxy) is 1. The monoisotopic (exact) mass is 423 g/mol. The molecule has 1 spiro atoms. The molecule has 1 aliphatic heterocycles. The summed E-state index contributed by atoms with van der Waals surface area (Å²) in [5.41, 5.74) is 3.19. The third-order valence-corrected chi connectivity index (χ3v) is 6.43. The molecule has 0 N–H and O–H groups in total. The molecular weight excluding hydrogens is 390 g/mol. The quantitative estimate of drug-likeness (QED) is 0.565. The van der Waals surface area contributed by atoms with E-state index >= 15 is 0 Å². The maximum absolute atomic E-state index is 12.0. The highest BCUT2D eigenvalue weighted by atomic mass is 79.9. The Morgan fingerprint density at radius 3 is 2.50 bits per heavy atom. The van der Waals surface area contributed by atoms with Crippen molar-refractivity contribution in [1.29, 1.82) is 0 Å². The first-order valence-corrected chi connectivity index (χ1v) is 11.0. The summed E-state index contributed by atoms with van der Waals surface area (Å²) in [7, 11) is 1.52. The molecule has 2 aliphatic carbocycles. The highest BCUT2D eigenvalue weighted by Gasteiger charge is 2.56. The minimum absolute atomic E-state index is 0.00732. The lowest BCUT2D eigenvalue weighted by Gasteiger charge is -2.41. The van der Waals surface area contributed by atoms with Gasteiger partial charge >= 0.3 is 5.97 Å². The fraction of sp³-hybridized carbons (Fsp3) is 0.682. The van der Waals surface area contributed by atoms with Crippen molar-refractivity contribution in [3.05, 3.63) is 33.8 Å². The van der Waals surface area contributed by atoms with Gasteiger partial charge in [0, 0.05) is 17.1 Å². The number of aryl methyl sites for hydroxylation is 1. The van der Waals surface area contributed by atoms with Crippen molar-refractivity contribution in [2.45, 2.75) is 65.8 Å². The molecule has 4 heteroatoms. The number of rotatable bonds is 2. The third kappa shape index (κ3) is 4.17. The summed E-state index contributed by atoms with van der Waals surface area (Å²) in [5, 5.41) is 0. The van der Waals surface area contributed by atoms with Crippen LogP contribution in [0.1, 0.15) is 70.5 Å². The van der Waals surface area contributed by atoms with Crippen LogP contribution in [-0.2, 0) is 16.0 Å². The Hall–Kier alpha value is -0.870. The van der Waals surface area contributed by atoms with Crippen LogP contribution in [0.3, 0.4) is 0 Å². The molecule has 1 saturated carbocycles. The molecule has 26 heavy (non-hydrogen) atoms. The van der Waals surface area contributed by atoms with Crippen molar-refractivity contribution in [2.24, 2.45) is 11.3 Å². The van der Waals surface area contributed by atoms with Crippen LogP contribution in [0.5, 0.6) is 0 Å². The van der Waals surface area contributed by atoms with Crippen LogP contribution in [0, 0.1) is 11.3 Å². The van der Waals surface area contributed by atoms with E-state index in [1.54, 1.807) is 0 Å². The van der Waals surface area contributed by atoms with Gasteiger partial charge in [0.25, 0.3) is 0 Å². The highest BCUT2D eigenvalue weighted by molar-refractivity contribution is 9.10. The second-order valence-corrected chi connectivity index (χ2v) is 8.01. The van der Waals surface area contributed by atoms with E-state index in [2.05, 4.69) is 39.0 Å². The molecule has 0 aromatic heterocycles. The lowest BCUT2D eigenvalue weighted by atomic mass is 9.81. The van der Waals surface area contributed by atoms with Crippen molar-refractivity contribution in [2.75, 3.05) is 20.2 Å². The molecule has 146 valence electrons. The summed E-state index contributed by atoms with van der Waals surface area (Å²) in [6, 6.07) is 7.25. The molecule has 1 heterocycles. The number of likely N-dealkylation sites (tertiary alicyclic amines) is 1. The van der Waals surface area contributed by atoms with Crippen LogP contribution in [-0.4, -0.2) is 31.1 Å². The summed E-state index contributed by atoms with van der Waals surface area (Å²) in [5.74, 6) is 0.132. The predicted molar refractivity (Wildman–Crippen MR) is 111 cm³/mol. The van der Waals surface area contributed by atoms with Gasteiger partial charge < -0.3 is 4.74 Å². The molecule has 0 radical (unpaired) electrons. The summed E-state index contributed by atoms with van der Waals surface area (Å²) in [6.07, 6.45) is 5.70. The van der Waals surface area contributed by atoms with Crippen molar-refractivity contribution >= 4 is 21.9 Å². The number of halogens is 1. The van der Waals surface area contributed by atoms with Gasteiger partial charge in [-0.25, -0.2) is 0 Å². The number of carbonyl (C=O) groups is 1. The van der Waals surface area contributed by atoms with E-state index in [0.717, 1.165) is 19.5 Å². The van der Waals surface area contributed by atoms with Crippen LogP contribution in [0.15, 0.2) is 22.7 Å². The van der Waals surface area contributed by atoms with E-state index in [1.807, 2.05) is 27.7 Å². The van der Waals surface area contributed by atoms with Crippen molar-refractivity contribution in [1.82, 2.24) is 4.90 Å². The van der Waals surface area contributed by atoms with Crippen LogP contribution in [0.2, 0.25) is 0 Å². The maximum atomic E-state index is 12.0. The molecule has 0 amide bonds. The highest BCUT2D eigenvalue weighted by Crippen LogP contribution is 2.57. The first-order chi connectivity index (χ1) is 12.6. The molecule has 2 unspecified atom stereocenters. The predicted octanol–water partition coefficient (Wildman–Crippen LogP) is 5.76. The van der Waals surface area contributed by atoms with Gasteiger partial charge in [-0.2, -0.15) is 0 Å². The SMILES string of the molecule is CC.CC.COC(=O)C1CCN(C2CCc3cc(Br)ccc32)CC12CC2. The summed E-state index contributed by atoms with van der Waals surface area (Å²) in [4.78, 5) is 14.7. The molecule has 3 aliphatic rings. The van der Waals surface area contributed by atoms with Crippen molar-refractivity contribution in [3.63, 3.8) is 0 Å². The summed E-state index contributed by atoms with van der Waals surface area (Å²) < 4.78 is 6.21. The Morgan fingerprint density at radius 1 is 1.19 bits per heavy atom. The summed E-state index contributed by atoms with van der Waals surface area (Å²) >= 11 is 3.58. The lowest BCUT2D eigenvalue weighted by Crippen LogP contribution is -2.46. The molecule has 4 rings (SSSR count). The van der Waals surface area contributed by atoms with Crippen LogP contribution < -0.4 is 0 Å². The molecule has 1 aromatic carbocycles. The molecule has 1 aromatic rings. The van der Waals surface area contributed by atoms with E-state index in [1.165, 1.54) is 48.4 Å². The zero-order valence-corrected chi connectivity index (χ0v) is 18.6. The Labute approximate surface area is 167 Å². The Bertz CT molecular complexity index is 612. The van der Waals surface area contributed by atoms with Gasteiger partial charge in [0.2, 0.25) is 0 Å². The zero-order chi connectivity index (χ0) is 19.3. The molecule has 2 atom stereocenters. The number of methoxy groups -OCH3 is 1. The van der Waals surface area contributed by atoms with Gasteiger partial charge in [-0.15, -0.1) is 0 Å². The Kier molecular flexibility index (Phi) is 7.72. The average Bonchev–Trinajstić information content (AvgIpc) is 3.31. The molecule has 3 nitrogen and oxygen atoms in total. The normalized spacial score (nSPS) is 25.3. The van der Waals surface area contributed by atoms with Gasteiger partial charge in [-0.05, 0) is 67.3 Å². The van der Waals surface area contributed by atoms with E-state index in [9.17, 15) is 4.79 Å². The van der Waals surface area contributed by atoms with Crippen molar-refractivity contribution in [3.8, 4) is 0 Å². The van der Waals surface area contributed by atoms with E-state index in [0.29, 0.717) is 6.04 Å². The molecular formula is C22H34BrNO2. The molecule has 1 saturated heterocycles. The first-order valence-electron chi connectivity index (χ1n) is 10.2. The van der Waals surface area contributed by atoms with Crippen molar-refractivity contribution < 1.29 is 9.53 Å². The fourth-order valence-corrected chi connectivity index (χ4v) is 4.99. The number of fused-ring (bicyclic) bond motifs is 1. The summed E-state index contributed by atoms with van der Waals surface area (Å²) in [6.45, 7) is 10.1. The van der Waals surface area contributed by atoms with Gasteiger partial charge in [0.05, 0.1) is 13.0 Å². The van der Waals surface area contributed by atoms with Gasteiger partial charge in [0.15, 0.2) is 0 Å².